The van der Waals surface area contributed by atoms with E-state index in [1.54, 1.807) is 54.6 Å². The second kappa shape index (κ2) is 8.30. The van der Waals surface area contributed by atoms with Gasteiger partial charge in [0.2, 0.25) is 0 Å². The van der Waals surface area contributed by atoms with Crippen LogP contribution in [0.2, 0.25) is 0 Å². The molecule has 25 heavy (non-hydrogen) atoms. The third-order valence-electron chi connectivity index (χ3n) is 3.10. The van der Waals surface area contributed by atoms with Gasteiger partial charge in [-0.1, -0.05) is 12.1 Å². The molecule has 0 aliphatic rings. The fraction of sp³-hybridized carbons (Fsp3) is 0.0556. The number of hydrogen-bond acceptors (Lipinski definition) is 5. The number of methoxy groups -OCH3 is 1. The summed E-state index contributed by atoms with van der Waals surface area (Å²) in [7, 11) is 1.30. The first-order chi connectivity index (χ1) is 12.0. The quantitative estimate of drug-likeness (QED) is 0.253. The molecule has 0 bridgehead atoms. The number of anilines is 1. The highest BCUT2D eigenvalue weighted by Gasteiger charge is 2.08. The highest BCUT2D eigenvalue weighted by atomic mass is 16.5. The summed E-state index contributed by atoms with van der Waals surface area (Å²) in [6.07, 6.45) is 2.90. The van der Waals surface area contributed by atoms with Gasteiger partial charge >= 0.3 is 11.9 Å². The first-order valence-corrected chi connectivity index (χ1v) is 7.27. The van der Waals surface area contributed by atoms with Crippen molar-refractivity contribution in [1.82, 2.24) is 0 Å². The molecule has 0 aliphatic heterocycles. The second-order valence-electron chi connectivity index (χ2n) is 4.93. The lowest BCUT2D eigenvalue weighted by Crippen LogP contribution is -2.20. The number of ether oxygens (including phenoxy) is 2. The minimum atomic E-state index is -0.507. The van der Waals surface area contributed by atoms with Gasteiger partial charge < -0.3 is 20.5 Å². The first-order valence-electron chi connectivity index (χ1n) is 7.27. The molecule has 0 heterocycles. The van der Waals surface area contributed by atoms with E-state index >= 15 is 0 Å². The maximum atomic E-state index is 12.1. The van der Waals surface area contributed by atoms with Crippen LogP contribution in [0.5, 0.6) is 5.75 Å². The van der Waals surface area contributed by atoms with Gasteiger partial charge in [-0.25, -0.2) is 9.59 Å². The molecule has 0 aliphatic carbocycles. The molecular weight excluding hydrogens is 322 g/mol. The zero-order valence-corrected chi connectivity index (χ0v) is 13.5. The average molecular weight is 339 g/mol. The van der Waals surface area contributed by atoms with Crippen LogP contribution in [0.1, 0.15) is 15.9 Å². The standard InChI is InChI=1S/C18H17N3O4/c1-24-16(22)11-4-12-2-9-15(10-3-12)25-17(23)13-5-7-14(8-6-13)21-18(19)20/h2-11H,1H3,(H4,19,20,21)/b11-4+. The van der Waals surface area contributed by atoms with Crippen molar-refractivity contribution in [3.8, 4) is 5.75 Å². The average Bonchev–Trinajstić information content (AvgIpc) is 2.61. The van der Waals surface area contributed by atoms with Crippen LogP contribution < -0.4 is 15.8 Å². The molecule has 7 nitrogen and oxygen atoms in total. The summed E-state index contributed by atoms with van der Waals surface area (Å²) in [6.45, 7) is 0. The lowest BCUT2D eigenvalue weighted by molar-refractivity contribution is -0.134. The molecule has 0 spiro atoms. The fourth-order valence-electron chi connectivity index (χ4n) is 1.89. The molecule has 128 valence electrons. The third kappa shape index (κ3) is 5.51. The zero-order valence-electron chi connectivity index (χ0n) is 13.5. The lowest BCUT2D eigenvalue weighted by atomic mass is 10.2. The Hall–Kier alpha value is -3.61. The Balaban J connectivity index is 1.99. The number of rotatable bonds is 5. The van der Waals surface area contributed by atoms with E-state index in [1.807, 2.05) is 0 Å². The second-order valence-corrected chi connectivity index (χ2v) is 4.93. The molecule has 0 fully saturated rings. The van der Waals surface area contributed by atoms with Crippen molar-refractivity contribution < 1.29 is 19.1 Å². The normalized spacial score (nSPS) is 10.3. The molecular formula is C18H17N3O4. The van der Waals surface area contributed by atoms with Crippen LogP contribution in [0.4, 0.5) is 5.69 Å². The van der Waals surface area contributed by atoms with Gasteiger partial charge in [-0.15, -0.1) is 0 Å². The molecule has 7 heteroatoms. The van der Waals surface area contributed by atoms with Crippen molar-refractivity contribution in [3.63, 3.8) is 0 Å². The molecule has 0 aromatic heterocycles. The van der Waals surface area contributed by atoms with Gasteiger partial charge in [0, 0.05) is 11.8 Å². The lowest BCUT2D eigenvalue weighted by Gasteiger charge is -2.06. The van der Waals surface area contributed by atoms with Crippen molar-refractivity contribution in [2.45, 2.75) is 0 Å². The molecule has 2 aromatic rings. The molecule has 0 saturated carbocycles. The van der Waals surface area contributed by atoms with Gasteiger partial charge in [-0.2, -0.15) is 0 Å². The zero-order chi connectivity index (χ0) is 18.2. The Morgan fingerprint density at radius 1 is 1.08 bits per heavy atom. The molecule has 0 amide bonds. The molecule has 0 atom stereocenters. The summed E-state index contributed by atoms with van der Waals surface area (Å²) in [5, 5.41) is 9.77. The van der Waals surface area contributed by atoms with Crippen LogP contribution in [-0.4, -0.2) is 25.0 Å². The predicted octanol–water partition coefficient (Wildman–Crippen LogP) is 2.40. The number of guanidine groups is 1. The number of nitrogens with one attached hydrogen (secondary N) is 2. The van der Waals surface area contributed by atoms with E-state index in [-0.39, 0.29) is 5.96 Å². The summed E-state index contributed by atoms with van der Waals surface area (Å²) >= 11 is 0. The number of nitrogens with two attached hydrogens (primary N) is 1. The minimum Gasteiger partial charge on any atom is -0.466 e. The maximum Gasteiger partial charge on any atom is 0.343 e. The smallest absolute Gasteiger partial charge is 0.343 e. The van der Waals surface area contributed by atoms with Gasteiger partial charge in [0.15, 0.2) is 5.96 Å². The first kappa shape index (κ1) is 17.7. The van der Waals surface area contributed by atoms with Crippen molar-refractivity contribution >= 4 is 29.7 Å². The monoisotopic (exact) mass is 339 g/mol. The van der Waals surface area contributed by atoms with Gasteiger partial charge in [-0.05, 0) is 48.0 Å². The summed E-state index contributed by atoms with van der Waals surface area (Å²) in [6, 6.07) is 13.1. The summed E-state index contributed by atoms with van der Waals surface area (Å²) < 4.78 is 9.79. The molecule has 2 rings (SSSR count). The van der Waals surface area contributed by atoms with Crippen LogP contribution in [0.3, 0.4) is 0 Å². The van der Waals surface area contributed by atoms with E-state index in [0.717, 1.165) is 5.56 Å². The number of hydrogen-bond donors (Lipinski definition) is 3. The molecule has 0 saturated heterocycles. The summed E-state index contributed by atoms with van der Waals surface area (Å²) in [5.41, 5.74) is 6.97. The number of carbonyl (C=O) groups is 2. The largest absolute Gasteiger partial charge is 0.466 e. The van der Waals surface area contributed by atoms with Gasteiger partial charge in [-0.3, -0.25) is 5.41 Å². The van der Waals surface area contributed by atoms with E-state index in [2.05, 4.69) is 10.1 Å². The Bertz CT molecular complexity index is 796. The Kier molecular flexibility index (Phi) is 5.89. The van der Waals surface area contributed by atoms with E-state index in [1.165, 1.54) is 13.2 Å². The Morgan fingerprint density at radius 2 is 1.72 bits per heavy atom. The van der Waals surface area contributed by atoms with Gasteiger partial charge in [0.05, 0.1) is 12.7 Å². The Labute approximate surface area is 144 Å². The van der Waals surface area contributed by atoms with E-state index < -0.39 is 11.9 Å². The predicted molar refractivity (Wildman–Crippen MR) is 94.4 cm³/mol. The minimum absolute atomic E-state index is 0.184. The maximum absolute atomic E-state index is 12.1. The molecule has 2 aromatic carbocycles. The fourth-order valence-corrected chi connectivity index (χ4v) is 1.89. The van der Waals surface area contributed by atoms with E-state index in [0.29, 0.717) is 17.0 Å². The molecule has 4 N–H and O–H groups in total. The van der Waals surface area contributed by atoms with Crippen LogP contribution >= 0.6 is 0 Å². The highest BCUT2D eigenvalue weighted by Crippen LogP contribution is 2.16. The van der Waals surface area contributed by atoms with Crippen molar-refractivity contribution in [2.75, 3.05) is 12.4 Å². The third-order valence-corrected chi connectivity index (χ3v) is 3.10. The molecule has 0 radical (unpaired) electrons. The van der Waals surface area contributed by atoms with Crippen LogP contribution in [0.15, 0.2) is 54.6 Å². The van der Waals surface area contributed by atoms with Crippen molar-refractivity contribution in [3.05, 3.63) is 65.7 Å². The topological polar surface area (TPSA) is 114 Å². The van der Waals surface area contributed by atoms with Crippen LogP contribution in [0.25, 0.3) is 6.08 Å². The number of carbonyl (C=O) groups excluding carboxylic acids is 2. The summed E-state index contributed by atoms with van der Waals surface area (Å²) in [4.78, 5) is 23.1. The SMILES string of the molecule is COC(=O)/C=C/c1ccc(OC(=O)c2ccc(NC(=N)N)cc2)cc1. The number of benzene rings is 2. The Morgan fingerprint density at radius 3 is 2.28 bits per heavy atom. The van der Waals surface area contributed by atoms with Gasteiger partial charge in [0.1, 0.15) is 5.75 Å². The van der Waals surface area contributed by atoms with E-state index in [9.17, 15) is 9.59 Å². The van der Waals surface area contributed by atoms with Crippen molar-refractivity contribution in [2.24, 2.45) is 5.73 Å². The van der Waals surface area contributed by atoms with E-state index in [4.69, 9.17) is 15.9 Å². The van der Waals surface area contributed by atoms with Gasteiger partial charge in [0.25, 0.3) is 0 Å². The highest BCUT2D eigenvalue weighted by molar-refractivity contribution is 5.93. The van der Waals surface area contributed by atoms with Crippen LogP contribution in [0, 0.1) is 5.41 Å². The number of esters is 2. The molecule has 0 unspecified atom stereocenters. The van der Waals surface area contributed by atoms with Crippen LogP contribution in [-0.2, 0) is 9.53 Å². The summed E-state index contributed by atoms with van der Waals surface area (Å²) in [5.74, 6) is -0.756. The van der Waals surface area contributed by atoms with Crippen molar-refractivity contribution in [1.29, 1.82) is 5.41 Å².